The second-order valence-electron chi connectivity index (χ2n) is 8.87. The van der Waals surface area contributed by atoms with E-state index in [1.54, 1.807) is 6.20 Å². The maximum absolute atomic E-state index is 13.8. The van der Waals surface area contributed by atoms with E-state index in [4.69, 9.17) is 24.4 Å². The van der Waals surface area contributed by atoms with Crippen LogP contribution in [0.5, 0.6) is 5.75 Å². The molecule has 3 aromatic rings. The lowest BCUT2D eigenvalue weighted by atomic mass is 10.1. The minimum Gasteiger partial charge on any atom is -0.485 e. The highest BCUT2D eigenvalue weighted by atomic mass is 19.4. The van der Waals surface area contributed by atoms with E-state index in [0.29, 0.717) is 43.2 Å². The van der Waals surface area contributed by atoms with Crippen LogP contribution in [-0.4, -0.2) is 74.3 Å². The summed E-state index contributed by atoms with van der Waals surface area (Å²) in [6, 6.07) is 3.14. The van der Waals surface area contributed by atoms with Gasteiger partial charge in [0.25, 0.3) is 5.56 Å². The van der Waals surface area contributed by atoms with Gasteiger partial charge >= 0.3 is 12.1 Å². The van der Waals surface area contributed by atoms with Crippen LogP contribution in [0, 0.1) is 11.6 Å². The van der Waals surface area contributed by atoms with E-state index < -0.39 is 23.8 Å². The molecule has 1 atom stereocenters. The summed E-state index contributed by atoms with van der Waals surface area (Å²) in [5.41, 5.74) is 0.355. The lowest BCUT2D eigenvalue weighted by Gasteiger charge is -2.42. The molecule has 2 aliphatic rings. The Morgan fingerprint density at radius 3 is 2.53 bits per heavy atom. The van der Waals surface area contributed by atoms with Gasteiger partial charge in [0.05, 0.1) is 18.3 Å². The number of aromatic nitrogens is 4. The molecule has 1 unspecified atom stereocenters. The molecule has 206 valence electrons. The fourth-order valence-electron chi connectivity index (χ4n) is 4.13. The zero-order chi connectivity index (χ0) is 27.6. The first-order valence-electron chi connectivity index (χ1n) is 11.6. The molecule has 38 heavy (non-hydrogen) atoms. The Bertz CT molecular complexity index is 1350. The molecule has 2 fully saturated rings. The van der Waals surface area contributed by atoms with Crippen LogP contribution < -0.4 is 10.3 Å². The molecule has 2 N–H and O–H groups in total. The molecular weight excluding hydrogens is 521 g/mol. The third-order valence-corrected chi connectivity index (χ3v) is 6.27. The van der Waals surface area contributed by atoms with Crippen molar-refractivity contribution in [3.05, 3.63) is 52.2 Å². The van der Waals surface area contributed by atoms with E-state index in [1.807, 2.05) is 11.6 Å². The molecule has 2 aliphatic heterocycles. The van der Waals surface area contributed by atoms with Crippen LogP contribution >= 0.6 is 0 Å². The normalized spacial score (nSPS) is 17.9. The number of alkyl halides is 3. The number of ether oxygens (including phenoxy) is 2. The number of halogens is 5. The van der Waals surface area contributed by atoms with Gasteiger partial charge in [0.1, 0.15) is 23.1 Å². The van der Waals surface area contributed by atoms with E-state index in [9.17, 15) is 26.7 Å². The van der Waals surface area contributed by atoms with Crippen molar-refractivity contribution < 1.29 is 41.3 Å². The van der Waals surface area contributed by atoms with Gasteiger partial charge in [-0.25, -0.2) is 23.2 Å². The smallest absolute Gasteiger partial charge is 0.485 e. The molecule has 0 saturated carbocycles. The number of carboxylic acids is 1. The van der Waals surface area contributed by atoms with Crippen molar-refractivity contribution in [3.63, 3.8) is 0 Å². The van der Waals surface area contributed by atoms with Crippen LogP contribution in [0.25, 0.3) is 11.0 Å². The van der Waals surface area contributed by atoms with Crippen LogP contribution in [0.3, 0.4) is 0 Å². The summed E-state index contributed by atoms with van der Waals surface area (Å²) in [5, 5.41) is 12.0. The lowest BCUT2D eigenvalue weighted by Crippen LogP contribution is -2.54. The van der Waals surface area contributed by atoms with Gasteiger partial charge in [0.2, 0.25) is 0 Å². The monoisotopic (exact) mass is 545 g/mol. The first-order chi connectivity index (χ1) is 17.9. The molecule has 1 aromatic carbocycles. The predicted octanol–water partition coefficient (Wildman–Crippen LogP) is 3.21. The van der Waals surface area contributed by atoms with E-state index in [-0.39, 0.29) is 29.5 Å². The Balaban J connectivity index is 0.000000426. The molecule has 10 nitrogen and oxygen atoms in total. The maximum Gasteiger partial charge on any atom is 0.490 e. The average molecular weight is 545 g/mol. The minimum atomic E-state index is -5.08. The van der Waals surface area contributed by atoms with Gasteiger partial charge in [-0.15, -0.1) is 0 Å². The molecule has 0 bridgehead atoms. The van der Waals surface area contributed by atoms with Crippen molar-refractivity contribution >= 4 is 17.0 Å². The third-order valence-electron chi connectivity index (χ3n) is 6.27. The van der Waals surface area contributed by atoms with Gasteiger partial charge in [0, 0.05) is 32.4 Å². The zero-order valence-corrected chi connectivity index (χ0v) is 20.0. The molecule has 5 rings (SSSR count). The van der Waals surface area contributed by atoms with Crippen molar-refractivity contribution in [1.29, 1.82) is 0 Å². The fourth-order valence-corrected chi connectivity index (χ4v) is 4.13. The van der Waals surface area contributed by atoms with Crippen molar-refractivity contribution in [2.75, 3.05) is 26.3 Å². The zero-order valence-electron chi connectivity index (χ0n) is 20.0. The second kappa shape index (κ2) is 11.0. The number of H-pyrrole nitrogens is 1. The van der Waals surface area contributed by atoms with Gasteiger partial charge in [-0.3, -0.25) is 9.69 Å². The summed E-state index contributed by atoms with van der Waals surface area (Å²) in [4.78, 5) is 31.1. The summed E-state index contributed by atoms with van der Waals surface area (Å²) in [5.74, 6) is -3.44. The number of hydrogen-bond donors (Lipinski definition) is 2. The van der Waals surface area contributed by atoms with Crippen LogP contribution in [0.2, 0.25) is 0 Å². The number of aliphatic carboxylic acids is 1. The Hall–Kier alpha value is -3.59. The Morgan fingerprint density at radius 1 is 1.24 bits per heavy atom. The van der Waals surface area contributed by atoms with Gasteiger partial charge in [-0.1, -0.05) is 0 Å². The molecule has 0 amide bonds. The molecule has 4 heterocycles. The molecule has 2 aromatic heterocycles. The second-order valence-corrected chi connectivity index (χ2v) is 8.87. The largest absolute Gasteiger partial charge is 0.490 e. The number of carboxylic acid groups (broad SMARTS) is 1. The van der Waals surface area contributed by atoms with E-state index in [0.717, 1.165) is 31.0 Å². The molecule has 0 radical (unpaired) electrons. The summed E-state index contributed by atoms with van der Waals surface area (Å²) in [6.07, 6.45) is -2.12. The van der Waals surface area contributed by atoms with E-state index in [1.165, 1.54) is 0 Å². The van der Waals surface area contributed by atoms with Crippen molar-refractivity contribution in [3.8, 4) is 5.75 Å². The number of benzene rings is 1. The Morgan fingerprint density at radius 2 is 1.89 bits per heavy atom. The number of carbonyl (C=O) groups is 1. The van der Waals surface area contributed by atoms with Gasteiger partial charge in [0.15, 0.2) is 17.2 Å². The molecular formula is C23H24F5N5O5. The molecule has 2 saturated heterocycles. The number of hydrogen-bond acceptors (Lipinski definition) is 7. The highest BCUT2D eigenvalue weighted by Crippen LogP contribution is 2.29. The van der Waals surface area contributed by atoms with Crippen molar-refractivity contribution in [2.45, 2.75) is 44.1 Å². The maximum atomic E-state index is 13.8. The molecule has 0 spiro atoms. The first-order valence-corrected chi connectivity index (χ1v) is 11.6. The number of aromatic amines is 1. The summed E-state index contributed by atoms with van der Waals surface area (Å²) in [6.45, 7) is 4.30. The van der Waals surface area contributed by atoms with Crippen molar-refractivity contribution in [1.82, 2.24) is 24.6 Å². The number of rotatable bonds is 5. The SMILES string of the molecule is CC(c1nc2c(cnn2C2CCOCC2)c(=O)[nH]1)N1CC(Oc2cc(F)ccc2F)C1.O=C(O)C(F)(F)F. The van der Waals surface area contributed by atoms with Crippen LogP contribution in [0.15, 0.2) is 29.2 Å². The van der Waals surface area contributed by atoms with Crippen molar-refractivity contribution in [2.24, 2.45) is 0 Å². The lowest BCUT2D eigenvalue weighted by molar-refractivity contribution is -0.192. The average Bonchev–Trinajstić information content (AvgIpc) is 3.28. The van der Waals surface area contributed by atoms with Crippen LogP contribution in [0.4, 0.5) is 22.0 Å². The number of nitrogens with zero attached hydrogens (tertiary/aromatic N) is 4. The quantitative estimate of drug-likeness (QED) is 0.469. The summed E-state index contributed by atoms with van der Waals surface area (Å²) >= 11 is 0. The van der Waals surface area contributed by atoms with E-state index >= 15 is 0 Å². The summed E-state index contributed by atoms with van der Waals surface area (Å²) in [7, 11) is 0. The van der Waals surface area contributed by atoms with Gasteiger partial charge < -0.3 is 19.6 Å². The molecule has 0 aliphatic carbocycles. The summed E-state index contributed by atoms with van der Waals surface area (Å²) < 4.78 is 71.7. The highest BCUT2D eigenvalue weighted by molar-refractivity contribution is 5.73. The number of nitrogens with one attached hydrogen (secondary N) is 1. The standard InChI is InChI=1S/C21H23F2N5O3.C2HF3O2/c1-12(27-10-15(11-27)31-18-8-13(22)2-3-17(18)23)19-25-20-16(21(29)26-19)9-24-28(20)14-4-6-30-7-5-14;3-2(4,5)1(6)7/h2-3,8-9,12,14-15H,4-7,10-11H2,1H3,(H,25,26,29);(H,6,7). The highest BCUT2D eigenvalue weighted by Gasteiger charge is 2.38. The van der Waals surface area contributed by atoms with Crippen LogP contribution in [0.1, 0.15) is 37.7 Å². The van der Waals surface area contributed by atoms with E-state index in [2.05, 4.69) is 15.0 Å². The topological polar surface area (TPSA) is 123 Å². The van der Waals surface area contributed by atoms with Gasteiger partial charge in [-0.05, 0) is 31.9 Å². The molecule has 15 heteroatoms. The Kier molecular flexibility index (Phi) is 7.97. The first kappa shape index (κ1) is 27.4. The number of fused-ring (bicyclic) bond motifs is 1. The van der Waals surface area contributed by atoms with Gasteiger partial charge in [-0.2, -0.15) is 18.3 Å². The minimum absolute atomic E-state index is 0.0920. The number of likely N-dealkylation sites (tertiary alicyclic amines) is 1. The van der Waals surface area contributed by atoms with Crippen LogP contribution in [-0.2, 0) is 9.53 Å². The third kappa shape index (κ3) is 6.10. The fraction of sp³-hybridized carbons (Fsp3) is 0.478. The Labute approximate surface area is 212 Å². The predicted molar refractivity (Wildman–Crippen MR) is 122 cm³/mol.